The zero-order valence-electron chi connectivity index (χ0n) is 13.0. The Balaban J connectivity index is 2.89. The number of aliphatic hydroxyl groups is 2. The highest BCUT2D eigenvalue weighted by Gasteiger charge is 1.94. The summed E-state index contributed by atoms with van der Waals surface area (Å²) in [5.74, 6) is 4.77. The van der Waals surface area contributed by atoms with Crippen molar-refractivity contribution >= 4 is 23.5 Å². The van der Waals surface area contributed by atoms with Crippen molar-refractivity contribution in [1.29, 1.82) is 0 Å². The van der Waals surface area contributed by atoms with E-state index in [0.717, 1.165) is 24.3 Å². The maximum Gasteiger partial charge on any atom is 0.0438 e. The second kappa shape index (κ2) is 19.6. The molecule has 0 aromatic heterocycles. The van der Waals surface area contributed by atoms with E-state index in [2.05, 4.69) is 0 Å². The van der Waals surface area contributed by atoms with E-state index in [1.165, 1.54) is 62.9 Å². The molecule has 0 saturated heterocycles. The molecule has 0 amide bonds. The lowest BCUT2D eigenvalue weighted by atomic mass is 10.1. The summed E-state index contributed by atoms with van der Waals surface area (Å²) in [6.45, 7) is 0.680. The fraction of sp³-hybridized carbons (Fsp3) is 1.00. The molecule has 4 heteroatoms. The van der Waals surface area contributed by atoms with E-state index in [9.17, 15) is 0 Å². The van der Waals surface area contributed by atoms with Gasteiger partial charge in [0.05, 0.1) is 0 Å². The van der Waals surface area contributed by atoms with Crippen LogP contribution in [0.15, 0.2) is 0 Å². The van der Waals surface area contributed by atoms with Gasteiger partial charge in [-0.3, -0.25) is 0 Å². The van der Waals surface area contributed by atoms with Crippen LogP contribution in [-0.4, -0.2) is 46.4 Å². The van der Waals surface area contributed by atoms with Crippen molar-refractivity contribution < 1.29 is 10.2 Å². The highest BCUT2D eigenvalue weighted by Crippen LogP contribution is 2.13. The zero-order valence-corrected chi connectivity index (χ0v) is 14.7. The van der Waals surface area contributed by atoms with Crippen LogP contribution < -0.4 is 0 Å². The lowest BCUT2D eigenvalue weighted by Gasteiger charge is -2.03. The van der Waals surface area contributed by atoms with Gasteiger partial charge in [0.1, 0.15) is 0 Å². The first-order valence-corrected chi connectivity index (χ1v) is 10.6. The maximum absolute atomic E-state index is 8.66. The zero-order chi connectivity index (χ0) is 14.7. The van der Waals surface area contributed by atoms with E-state index in [-0.39, 0.29) is 0 Å². The average molecular weight is 323 g/mol. The van der Waals surface area contributed by atoms with E-state index in [4.69, 9.17) is 10.2 Å². The summed E-state index contributed by atoms with van der Waals surface area (Å²) in [7, 11) is 0. The van der Waals surface area contributed by atoms with Gasteiger partial charge in [0.15, 0.2) is 0 Å². The Bertz CT molecular complexity index is 151. The van der Waals surface area contributed by atoms with Gasteiger partial charge in [-0.25, -0.2) is 0 Å². The second-order valence-electron chi connectivity index (χ2n) is 5.21. The number of thioether (sulfide) groups is 2. The van der Waals surface area contributed by atoms with E-state index in [1.54, 1.807) is 0 Å². The van der Waals surface area contributed by atoms with Crippen molar-refractivity contribution in [2.45, 2.75) is 64.2 Å². The maximum atomic E-state index is 8.66. The topological polar surface area (TPSA) is 40.5 Å². The molecule has 0 aliphatic carbocycles. The Hall–Kier alpha value is 0.620. The summed E-state index contributed by atoms with van der Waals surface area (Å²) < 4.78 is 0. The van der Waals surface area contributed by atoms with Crippen LogP contribution in [-0.2, 0) is 0 Å². The fourth-order valence-electron chi connectivity index (χ4n) is 2.01. The molecule has 0 atom stereocenters. The molecule has 0 bridgehead atoms. The summed E-state index contributed by atoms with van der Waals surface area (Å²) in [6.07, 6.45) is 12.9. The van der Waals surface area contributed by atoms with Crippen LogP contribution in [0.3, 0.4) is 0 Å². The first-order chi connectivity index (χ1) is 9.91. The van der Waals surface area contributed by atoms with Crippen molar-refractivity contribution in [3.63, 3.8) is 0 Å². The summed E-state index contributed by atoms with van der Waals surface area (Å²) >= 11 is 3.97. The predicted octanol–water partition coefficient (Wildman–Crippen LogP) is 4.34. The Kier molecular flexibility index (Phi) is 20.2. The third-order valence-electron chi connectivity index (χ3n) is 3.22. The molecule has 0 aliphatic rings. The highest BCUT2D eigenvalue weighted by molar-refractivity contribution is 7.99. The standard InChI is InChI=1S/C16H34O2S2/c17-11-9-15-19-13-7-5-3-1-2-4-6-8-14-20-16-10-12-18/h17-18H,1-16H2. The third-order valence-corrected chi connectivity index (χ3v) is 5.53. The van der Waals surface area contributed by atoms with Crippen molar-refractivity contribution in [3.8, 4) is 0 Å². The molecule has 0 fully saturated rings. The SMILES string of the molecule is OCCCSCCCCCCCCCCSCCCO. The van der Waals surface area contributed by atoms with Crippen LogP contribution in [0.1, 0.15) is 64.2 Å². The van der Waals surface area contributed by atoms with Crippen LogP contribution in [0.25, 0.3) is 0 Å². The van der Waals surface area contributed by atoms with Gasteiger partial charge in [0, 0.05) is 13.2 Å². The molecule has 20 heavy (non-hydrogen) atoms. The van der Waals surface area contributed by atoms with Gasteiger partial charge in [-0.2, -0.15) is 23.5 Å². The molecule has 0 radical (unpaired) electrons. The highest BCUT2D eigenvalue weighted by atomic mass is 32.2. The summed E-state index contributed by atoms with van der Waals surface area (Å²) in [6, 6.07) is 0. The lowest BCUT2D eigenvalue weighted by Crippen LogP contribution is -1.89. The van der Waals surface area contributed by atoms with E-state index in [0.29, 0.717) is 13.2 Å². The number of unbranched alkanes of at least 4 members (excludes halogenated alkanes) is 7. The number of hydrogen-bond acceptors (Lipinski definition) is 4. The van der Waals surface area contributed by atoms with Gasteiger partial charge >= 0.3 is 0 Å². The van der Waals surface area contributed by atoms with Crippen LogP contribution in [0, 0.1) is 0 Å². The first kappa shape index (κ1) is 20.6. The summed E-state index contributed by atoms with van der Waals surface area (Å²) in [5, 5.41) is 17.3. The van der Waals surface area contributed by atoms with Crippen molar-refractivity contribution in [1.82, 2.24) is 0 Å². The molecule has 122 valence electrons. The third kappa shape index (κ3) is 18.6. The smallest absolute Gasteiger partial charge is 0.0438 e. The minimum atomic E-state index is 0.340. The minimum absolute atomic E-state index is 0.340. The number of rotatable bonds is 17. The second-order valence-corrected chi connectivity index (χ2v) is 7.66. The van der Waals surface area contributed by atoms with Crippen LogP contribution in [0.2, 0.25) is 0 Å². The molecule has 0 aliphatic heterocycles. The summed E-state index contributed by atoms with van der Waals surface area (Å²) in [4.78, 5) is 0. The van der Waals surface area contributed by atoms with Crippen molar-refractivity contribution in [2.24, 2.45) is 0 Å². The van der Waals surface area contributed by atoms with Gasteiger partial charge in [-0.1, -0.05) is 38.5 Å². The monoisotopic (exact) mass is 322 g/mol. The molecule has 2 N–H and O–H groups in total. The van der Waals surface area contributed by atoms with Gasteiger partial charge in [0.2, 0.25) is 0 Å². The molecular weight excluding hydrogens is 288 g/mol. The quantitative estimate of drug-likeness (QED) is 0.391. The Morgan fingerprint density at radius 2 is 0.700 bits per heavy atom. The molecule has 2 nitrogen and oxygen atoms in total. The summed E-state index contributed by atoms with van der Waals surface area (Å²) in [5.41, 5.74) is 0. The van der Waals surface area contributed by atoms with Gasteiger partial charge < -0.3 is 10.2 Å². The van der Waals surface area contributed by atoms with Gasteiger partial charge in [-0.05, 0) is 48.7 Å². The molecule has 0 spiro atoms. The predicted molar refractivity (Wildman–Crippen MR) is 95.0 cm³/mol. The van der Waals surface area contributed by atoms with E-state index in [1.807, 2.05) is 23.5 Å². The lowest BCUT2D eigenvalue weighted by molar-refractivity contribution is 0.296. The minimum Gasteiger partial charge on any atom is -0.396 e. The average Bonchev–Trinajstić information content (AvgIpc) is 2.47. The number of hydrogen-bond donors (Lipinski definition) is 2. The van der Waals surface area contributed by atoms with Gasteiger partial charge in [0.25, 0.3) is 0 Å². The molecule has 0 aromatic carbocycles. The Morgan fingerprint density at radius 1 is 0.400 bits per heavy atom. The Labute approximate surface area is 134 Å². The van der Waals surface area contributed by atoms with Crippen LogP contribution in [0.4, 0.5) is 0 Å². The molecule has 0 unspecified atom stereocenters. The molecule has 0 rings (SSSR count). The van der Waals surface area contributed by atoms with E-state index >= 15 is 0 Å². The van der Waals surface area contributed by atoms with Crippen molar-refractivity contribution in [2.75, 3.05) is 36.2 Å². The fourth-order valence-corrected chi connectivity index (χ4v) is 3.90. The largest absolute Gasteiger partial charge is 0.396 e. The van der Waals surface area contributed by atoms with Gasteiger partial charge in [-0.15, -0.1) is 0 Å². The van der Waals surface area contributed by atoms with Crippen LogP contribution >= 0.6 is 23.5 Å². The normalized spacial score (nSPS) is 11.1. The van der Waals surface area contributed by atoms with Crippen molar-refractivity contribution in [3.05, 3.63) is 0 Å². The number of aliphatic hydroxyl groups excluding tert-OH is 2. The van der Waals surface area contributed by atoms with Crippen LogP contribution in [0.5, 0.6) is 0 Å². The Morgan fingerprint density at radius 3 is 1.05 bits per heavy atom. The molecule has 0 aromatic rings. The molecular formula is C16H34O2S2. The molecule has 0 heterocycles. The first-order valence-electron chi connectivity index (χ1n) is 8.29. The molecule has 0 saturated carbocycles. The van der Waals surface area contributed by atoms with E-state index < -0.39 is 0 Å².